The minimum Gasteiger partial charge on any atom is -0.384 e. The number of rotatable bonds is 3. The monoisotopic (exact) mass is 196 g/mol. The van der Waals surface area contributed by atoms with E-state index in [1.807, 2.05) is 0 Å². The number of aliphatic hydroxyl groups excluding tert-OH is 1. The molecule has 0 aromatic heterocycles. The van der Waals surface area contributed by atoms with Crippen LogP contribution < -0.4 is 4.72 Å². The van der Waals surface area contributed by atoms with Gasteiger partial charge in [-0.2, -0.15) is 12.7 Å². The average molecular weight is 196 g/mol. The number of hydrogen-bond acceptors (Lipinski definition) is 4. The van der Waals surface area contributed by atoms with Gasteiger partial charge in [-0.05, 0) is 6.92 Å². The summed E-state index contributed by atoms with van der Waals surface area (Å²) in [6.45, 7) is 1.18. The molecule has 0 radical (unpaired) electrons. The first-order chi connectivity index (χ1) is 5.27. The number of aliphatic hydroxyl groups is 1. The highest BCUT2D eigenvalue weighted by Gasteiger charge is 2.19. The molecule has 0 aromatic rings. The molecule has 6 nitrogen and oxygen atoms in total. The van der Waals surface area contributed by atoms with Crippen LogP contribution >= 0.6 is 0 Å². The van der Waals surface area contributed by atoms with E-state index in [1.165, 1.54) is 21.0 Å². The molecule has 1 atom stereocenters. The van der Waals surface area contributed by atoms with Crippen LogP contribution in [0.1, 0.15) is 6.92 Å². The van der Waals surface area contributed by atoms with Gasteiger partial charge in [0.2, 0.25) is 0 Å². The van der Waals surface area contributed by atoms with Gasteiger partial charge in [0.05, 0.1) is 0 Å². The molecular weight excluding hydrogens is 184 g/mol. The van der Waals surface area contributed by atoms with Gasteiger partial charge in [-0.1, -0.05) is 0 Å². The molecule has 0 aliphatic heterocycles. The summed E-state index contributed by atoms with van der Waals surface area (Å²) in [5, 5.41) is 8.67. The molecule has 0 aromatic carbocycles. The highest BCUT2D eigenvalue weighted by atomic mass is 32.2. The topological polar surface area (TPSA) is 86.7 Å². The van der Waals surface area contributed by atoms with Gasteiger partial charge in [0.15, 0.2) is 0 Å². The van der Waals surface area contributed by atoms with E-state index in [-0.39, 0.29) is 0 Å². The van der Waals surface area contributed by atoms with Gasteiger partial charge < -0.3 is 5.11 Å². The molecule has 0 fully saturated rings. The van der Waals surface area contributed by atoms with Gasteiger partial charge in [-0.3, -0.25) is 4.79 Å². The van der Waals surface area contributed by atoms with Gasteiger partial charge >= 0.3 is 10.2 Å². The van der Waals surface area contributed by atoms with Crippen LogP contribution in [0.4, 0.5) is 0 Å². The highest BCUT2D eigenvalue weighted by Crippen LogP contribution is 1.89. The second kappa shape index (κ2) is 3.83. The Hall–Kier alpha value is -0.660. The third-order valence-corrected chi connectivity index (χ3v) is 2.51. The summed E-state index contributed by atoms with van der Waals surface area (Å²) < 4.78 is 24.4. The molecule has 7 heteroatoms. The number of nitrogens with zero attached hydrogens (tertiary/aromatic N) is 1. The van der Waals surface area contributed by atoms with Crippen molar-refractivity contribution in [3.05, 3.63) is 0 Å². The zero-order valence-electron chi connectivity index (χ0n) is 7.10. The first-order valence-corrected chi connectivity index (χ1v) is 4.63. The summed E-state index contributed by atoms with van der Waals surface area (Å²) >= 11 is 0. The van der Waals surface area contributed by atoms with Crippen LogP contribution in [0.25, 0.3) is 0 Å². The minimum absolute atomic E-state index is 0.841. The van der Waals surface area contributed by atoms with Crippen molar-refractivity contribution in [2.45, 2.75) is 13.0 Å². The van der Waals surface area contributed by atoms with E-state index < -0.39 is 22.2 Å². The van der Waals surface area contributed by atoms with E-state index in [4.69, 9.17) is 5.11 Å². The second-order valence-corrected chi connectivity index (χ2v) is 4.31. The fraction of sp³-hybridized carbons (Fsp3) is 0.800. The van der Waals surface area contributed by atoms with Crippen LogP contribution in [-0.2, 0) is 15.0 Å². The molecule has 1 amide bonds. The molecule has 72 valence electrons. The maximum Gasteiger partial charge on any atom is 0.303 e. The molecule has 0 aliphatic rings. The Balaban J connectivity index is 4.38. The Morgan fingerprint density at radius 1 is 1.50 bits per heavy atom. The zero-order valence-corrected chi connectivity index (χ0v) is 7.92. The summed E-state index contributed by atoms with van der Waals surface area (Å²) in [6, 6.07) is 0. The van der Waals surface area contributed by atoms with Gasteiger partial charge in [0.1, 0.15) is 6.10 Å². The summed E-state index contributed by atoms with van der Waals surface area (Å²) in [4.78, 5) is 10.7. The second-order valence-electron chi connectivity index (χ2n) is 2.43. The quantitative estimate of drug-likeness (QED) is 0.562. The predicted molar refractivity (Wildman–Crippen MR) is 42.4 cm³/mol. The van der Waals surface area contributed by atoms with Crippen LogP contribution in [0.3, 0.4) is 0 Å². The molecule has 0 rings (SSSR count). The van der Waals surface area contributed by atoms with E-state index in [9.17, 15) is 13.2 Å². The lowest BCUT2D eigenvalue weighted by Crippen LogP contribution is -2.43. The molecule has 0 unspecified atom stereocenters. The van der Waals surface area contributed by atoms with Crippen molar-refractivity contribution in [3.8, 4) is 0 Å². The molecule has 0 spiro atoms. The van der Waals surface area contributed by atoms with Crippen LogP contribution in [0.5, 0.6) is 0 Å². The average Bonchev–Trinajstić information content (AvgIpc) is 1.85. The molecule has 0 saturated carbocycles. The van der Waals surface area contributed by atoms with Gasteiger partial charge in [-0.25, -0.2) is 4.72 Å². The number of carbonyl (C=O) groups is 1. The Kier molecular flexibility index (Phi) is 3.62. The van der Waals surface area contributed by atoms with Crippen molar-refractivity contribution in [3.63, 3.8) is 0 Å². The van der Waals surface area contributed by atoms with Crippen LogP contribution in [0.15, 0.2) is 0 Å². The number of amides is 1. The van der Waals surface area contributed by atoms with Crippen molar-refractivity contribution < 1.29 is 18.3 Å². The van der Waals surface area contributed by atoms with Crippen molar-refractivity contribution >= 4 is 16.1 Å². The van der Waals surface area contributed by atoms with E-state index in [1.54, 1.807) is 4.72 Å². The molecule has 12 heavy (non-hydrogen) atoms. The van der Waals surface area contributed by atoms with Crippen molar-refractivity contribution in [2.24, 2.45) is 0 Å². The predicted octanol–water partition coefficient (Wildman–Crippen LogP) is -1.71. The Morgan fingerprint density at radius 3 is 2.17 bits per heavy atom. The SMILES string of the molecule is C[C@H](O)C(=O)NS(=O)(=O)N(C)C. The normalized spacial score (nSPS) is 14.4. The van der Waals surface area contributed by atoms with Crippen molar-refractivity contribution in [1.29, 1.82) is 0 Å². The van der Waals surface area contributed by atoms with Gasteiger partial charge in [-0.15, -0.1) is 0 Å². The minimum atomic E-state index is -3.77. The molecule has 2 N–H and O–H groups in total. The van der Waals surface area contributed by atoms with Crippen LogP contribution in [0.2, 0.25) is 0 Å². The lowest BCUT2D eigenvalue weighted by Gasteiger charge is -2.12. The molecule has 0 saturated heterocycles. The fourth-order valence-electron chi connectivity index (χ4n) is 0.304. The maximum atomic E-state index is 10.9. The highest BCUT2D eigenvalue weighted by molar-refractivity contribution is 7.87. The van der Waals surface area contributed by atoms with E-state index in [2.05, 4.69) is 0 Å². The van der Waals surface area contributed by atoms with Gasteiger partial charge in [0, 0.05) is 14.1 Å². The Morgan fingerprint density at radius 2 is 1.92 bits per heavy atom. The molecular formula is C5H12N2O4S. The lowest BCUT2D eigenvalue weighted by molar-refractivity contribution is -0.126. The molecule has 0 heterocycles. The van der Waals surface area contributed by atoms with E-state index in [0.29, 0.717) is 0 Å². The van der Waals surface area contributed by atoms with E-state index >= 15 is 0 Å². The smallest absolute Gasteiger partial charge is 0.303 e. The largest absolute Gasteiger partial charge is 0.384 e. The Bertz CT molecular complexity index is 257. The molecule has 0 aliphatic carbocycles. The first-order valence-electron chi connectivity index (χ1n) is 3.19. The summed E-state index contributed by atoms with van der Waals surface area (Å²) in [7, 11) is -1.22. The maximum absolute atomic E-state index is 10.9. The zero-order chi connectivity index (χ0) is 9.94. The van der Waals surface area contributed by atoms with E-state index in [0.717, 1.165) is 4.31 Å². The summed E-state index contributed by atoms with van der Waals surface area (Å²) in [5.74, 6) is -0.941. The van der Waals surface area contributed by atoms with Crippen LogP contribution in [0, 0.1) is 0 Å². The lowest BCUT2D eigenvalue weighted by atomic mass is 10.4. The number of nitrogens with one attached hydrogen (secondary N) is 1. The standard InChI is InChI=1S/C5H12N2O4S/c1-4(8)5(9)6-12(10,11)7(2)3/h4,8H,1-3H3,(H,6,9)/t4-/m0/s1. The number of hydrogen-bond donors (Lipinski definition) is 2. The molecule has 0 bridgehead atoms. The summed E-state index contributed by atoms with van der Waals surface area (Å²) in [6.07, 6.45) is -1.33. The van der Waals surface area contributed by atoms with Crippen molar-refractivity contribution in [2.75, 3.05) is 14.1 Å². The first kappa shape index (κ1) is 11.3. The number of carbonyl (C=O) groups excluding carboxylic acids is 1. The fourth-order valence-corrected chi connectivity index (χ4v) is 0.911. The van der Waals surface area contributed by atoms with Crippen molar-refractivity contribution in [1.82, 2.24) is 9.03 Å². The van der Waals surface area contributed by atoms with Crippen LogP contribution in [-0.4, -0.2) is 43.9 Å². The third-order valence-electron chi connectivity index (χ3n) is 1.09. The van der Waals surface area contributed by atoms with Gasteiger partial charge in [0.25, 0.3) is 5.91 Å². The summed E-state index contributed by atoms with van der Waals surface area (Å²) in [5.41, 5.74) is 0. The third kappa shape index (κ3) is 3.16. The Labute approximate surface area is 71.4 Å².